The maximum atomic E-state index is 10.6. The third-order valence-corrected chi connectivity index (χ3v) is 2.43. The number of non-ortho nitro benzene ring substituents is 1. The lowest BCUT2D eigenvalue weighted by Gasteiger charge is -2.20. The molecule has 0 aromatic heterocycles. The minimum atomic E-state index is -0.383. The summed E-state index contributed by atoms with van der Waals surface area (Å²) in [7, 11) is 3.59. The van der Waals surface area contributed by atoms with Gasteiger partial charge in [0.25, 0.3) is 5.69 Å². The Morgan fingerprint density at radius 2 is 2.19 bits per heavy atom. The van der Waals surface area contributed by atoms with Crippen LogP contribution in [0, 0.1) is 17.0 Å². The zero-order valence-corrected chi connectivity index (χ0v) is 9.77. The van der Waals surface area contributed by atoms with Crippen molar-refractivity contribution >= 4 is 11.4 Å². The number of benzene rings is 1. The van der Waals surface area contributed by atoms with Gasteiger partial charge < -0.3 is 9.64 Å². The molecule has 88 valence electrons. The maximum absolute atomic E-state index is 10.6. The molecule has 0 saturated heterocycles. The van der Waals surface area contributed by atoms with E-state index in [-0.39, 0.29) is 10.6 Å². The van der Waals surface area contributed by atoms with Gasteiger partial charge in [0, 0.05) is 38.5 Å². The first-order valence-electron chi connectivity index (χ1n) is 5.01. The van der Waals surface area contributed by atoms with Gasteiger partial charge in [-0.15, -0.1) is 0 Å². The Morgan fingerprint density at radius 3 is 2.69 bits per heavy atom. The van der Waals surface area contributed by atoms with Crippen molar-refractivity contribution in [2.24, 2.45) is 0 Å². The van der Waals surface area contributed by atoms with Gasteiger partial charge in [-0.3, -0.25) is 10.1 Å². The van der Waals surface area contributed by atoms with Gasteiger partial charge in [0.2, 0.25) is 0 Å². The zero-order chi connectivity index (χ0) is 12.1. The molecule has 1 aromatic rings. The molecule has 0 spiro atoms. The van der Waals surface area contributed by atoms with Crippen molar-refractivity contribution in [2.75, 3.05) is 32.2 Å². The topological polar surface area (TPSA) is 55.6 Å². The summed E-state index contributed by atoms with van der Waals surface area (Å²) in [6.45, 7) is 3.26. The van der Waals surface area contributed by atoms with E-state index in [4.69, 9.17) is 4.74 Å². The number of nitro groups is 1. The molecule has 0 N–H and O–H groups in total. The summed E-state index contributed by atoms with van der Waals surface area (Å²) in [4.78, 5) is 12.2. The third kappa shape index (κ3) is 2.93. The average Bonchev–Trinajstić information content (AvgIpc) is 2.25. The first-order chi connectivity index (χ1) is 7.56. The highest BCUT2D eigenvalue weighted by molar-refractivity contribution is 5.56. The van der Waals surface area contributed by atoms with Crippen molar-refractivity contribution in [2.45, 2.75) is 6.92 Å². The van der Waals surface area contributed by atoms with E-state index in [1.807, 2.05) is 18.9 Å². The fourth-order valence-corrected chi connectivity index (χ4v) is 1.53. The van der Waals surface area contributed by atoms with Crippen molar-refractivity contribution in [1.29, 1.82) is 0 Å². The van der Waals surface area contributed by atoms with Gasteiger partial charge in [-0.05, 0) is 18.6 Å². The predicted octanol–water partition coefficient (Wildman–Crippen LogP) is 1.99. The first-order valence-corrected chi connectivity index (χ1v) is 5.01. The minimum Gasteiger partial charge on any atom is -0.383 e. The SMILES string of the molecule is COCCN(C)c1ccc([N+](=O)[O-])cc1C. The van der Waals surface area contributed by atoms with E-state index >= 15 is 0 Å². The van der Waals surface area contributed by atoms with Crippen LogP contribution in [0.5, 0.6) is 0 Å². The zero-order valence-electron chi connectivity index (χ0n) is 9.77. The normalized spacial score (nSPS) is 10.2. The number of hydrogen-bond acceptors (Lipinski definition) is 4. The molecule has 0 atom stereocenters. The van der Waals surface area contributed by atoms with Crippen molar-refractivity contribution in [3.63, 3.8) is 0 Å². The van der Waals surface area contributed by atoms with Gasteiger partial charge in [0.15, 0.2) is 0 Å². The molecule has 0 amide bonds. The largest absolute Gasteiger partial charge is 0.383 e. The molecule has 0 unspecified atom stereocenters. The molecule has 16 heavy (non-hydrogen) atoms. The molecule has 0 saturated carbocycles. The van der Waals surface area contributed by atoms with Gasteiger partial charge in [0.1, 0.15) is 0 Å². The molecular weight excluding hydrogens is 208 g/mol. The van der Waals surface area contributed by atoms with Gasteiger partial charge in [-0.25, -0.2) is 0 Å². The van der Waals surface area contributed by atoms with Gasteiger partial charge in [-0.2, -0.15) is 0 Å². The van der Waals surface area contributed by atoms with Crippen LogP contribution in [-0.2, 0) is 4.74 Å². The van der Waals surface area contributed by atoms with Crippen molar-refractivity contribution in [3.05, 3.63) is 33.9 Å². The lowest BCUT2D eigenvalue weighted by atomic mass is 10.1. The van der Waals surface area contributed by atoms with Gasteiger partial charge >= 0.3 is 0 Å². The molecule has 0 radical (unpaired) electrons. The molecule has 0 fully saturated rings. The van der Waals surface area contributed by atoms with Gasteiger partial charge in [-0.1, -0.05) is 0 Å². The Kier molecular flexibility index (Phi) is 4.25. The Balaban J connectivity index is 2.85. The van der Waals surface area contributed by atoms with Crippen LogP contribution in [-0.4, -0.2) is 32.2 Å². The number of methoxy groups -OCH3 is 1. The summed E-state index contributed by atoms with van der Waals surface area (Å²) in [6.07, 6.45) is 0. The van der Waals surface area contributed by atoms with Crippen LogP contribution >= 0.6 is 0 Å². The molecule has 5 heteroatoms. The summed E-state index contributed by atoms with van der Waals surface area (Å²) < 4.78 is 4.99. The van der Waals surface area contributed by atoms with E-state index < -0.39 is 0 Å². The Bertz CT molecular complexity index is 379. The highest BCUT2D eigenvalue weighted by Gasteiger charge is 2.10. The average molecular weight is 224 g/mol. The molecule has 0 aliphatic rings. The number of ether oxygens (including phenoxy) is 1. The monoisotopic (exact) mass is 224 g/mol. The standard InChI is InChI=1S/C11H16N2O3/c1-9-8-10(13(14)15)4-5-11(9)12(2)6-7-16-3/h4-5,8H,6-7H2,1-3H3. The van der Waals surface area contributed by atoms with E-state index in [0.29, 0.717) is 6.61 Å². The summed E-state index contributed by atoms with van der Waals surface area (Å²) in [5.41, 5.74) is 2.01. The number of rotatable bonds is 5. The van der Waals surface area contributed by atoms with Crippen molar-refractivity contribution in [1.82, 2.24) is 0 Å². The predicted molar refractivity (Wildman–Crippen MR) is 63.0 cm³/mol. The van der Waals surface area contributed by atoms with Gasteiger partial charge in [0.05, 0.1) is 11.5 Å². The Hall–Kier alpha value is -1.62. The third-order valence-electron chi connectivity index (χ3n) is 2.43. The molecule has 1 rings (SSSR count). The second-order valence-corrected chi connectivity index (χ2v) is 3.64. The quantitative estimate of drug-likeness (QED) is 0.567. The minimum absolute atomic E-state index is 0.126. The molecule has 0 aliphatic carbocycles. The van der Waals surface area contributed by atoms with Crippen molar-refractivity contribution in [3.8, 4) is 0 Å². The molecule has 0 aliphatic heterocycles. The molecular formula is C11H16N2O3. The van der Waals surface area contributed by atoms with Crippen LogP contribution in [0.15, 0.2) is 18.2 Å². The summed E-state index contributed by atoms with van der Waals surface area (Å²) in [6, 6.07) is 4.87. The molecule has 0 heterocycles. The fraction of sp³-hybridized carbons (Fsp3) is 0.455. The second-order valence-electron chi connectivity index (χ2n) is 3.64. The van der Waals surface area contributed by atoms with E-state index in [0.717, 1.165) is 17.8 Å². The van der Waals surface area contributed by atoms with Crippen LogP contribution in [0.1, 0.15) is 5.56 Å². The van der Waals surface area contributed by atoms with Crippen LogP contribution in [0.25, 0.3) is 0 Å². The van der Waals surface area contributed by atoms with Crippen LogP contribution in [0.4, 0.5) is 11.4 Å². The van der Waals surface area contributed by atoms with Crippen LogP contribution < -0.4 is 4.90 Å². The van der Waals surface area contributed by atoms with E-state index in [9.17, 15) is 10.1 Å². The highest BCUT2D eigenvalue weighted by atomic mass is 16.6. The van der Waals surface area contributed by atoms with Crippen molar-refractivity contribution < 1.29 is 9.66 Å². The number of anilines is 1. The molecule has 0 bridgehead atoms. The number of nitro benzene ring substituents is 1. The lowest BCUT2D eigenvalue weighted by Crippen LogP contribution is -2.22. The first kappa shape index (κ1) is 12.4. The fourth-order valence-electron chi connectivity index (χ4n) is 1.53. The van der Waals surface area contributed by atoms with Crippen LogP contribution in [0.2, 0.25) is 0 Å². The number of likely N-dealkylation sites (N-methyl/N-ethyl adjacent to an activating group) is 1. The highest BCUT2D eigenvalue weighted by Crippen LogP contribution is 2.23. The van der Waals surface area contributed by atoms with E-state index in [2.05, 4.69) is 0 Å². The summed E-state index contributed by atoms with van der Waals surface area (Å²) >= 11 is 0. The lowest BCUT2D eigenvalue weighted by molar-refractivity contribution is -0.384. The molecule has 5 nitrogen and oxygen atoms in total. The smallest absolute Gasteiger partial charge is 0.269 e. The summed E-state index contributed by atoms with van der Waals surface area (Å²) in [5, 5.41) is 10.6. The second kappa shape index (κ2) is 5.46. The van der Waals surface area contributed by atoms with E-state index in [1.165, 1.54) is 6.07 Å². The Labute approximate surface area is 94.8 Å². The number of hydrogen-bond donors (Lipinski definition) is 0. The van der Waals surface area contributed by atoms with Crippen LogP contribution in [0.3, 0.4) is 0 Å². The maximum Gasteiger partial charge on any atom is 0.269 e. The van der Waals surface area contributed by atoms with E-state index in [1.54, 1.807) is 19.2 Å². The number of nitrogens with zero attached hydrogens (tertiary/aromatic N) is 2. The molecule has 1 aromatic carbocycles. The Morgan fingerprint density at radius 1 is 1.50 bits per heavy atom. The summed E-state index contributed by atoms with van der Waals surface area (Å²) in [5.74, 6) is 0. The number of aryl methyl sites for hydroxylation is 1.